The molecule has 5 amide bonds. The molecular formula is C44H39F3N8O8. The molecule has 1 unspecified atom stereocenters. The van der Waals surface area contributed by atoms with Crippen molar-refractivity contribution in [2.45, 2.75) is 37.9 Å². The van der Waals surface area contributed by atoms with E-state index in [1.807, 2.05) is 30.3 Å². The molecule has 8 rings (SSSR count). The number of aromatic nitrogens is 4. The van der Waals surface area contributed by atoms with Crippen LogP contribution in [0.4, 0.5) is 18.9 Å². The van der Waals surface area contributed by atoms with E-state index < -0.39 is 41.4 Å². The maximum Gasteiger partial charge on any atom is 0.416 e. The van der Waals surface area contributed by atoms with Crippen LogP contribution in [0.1, 0.15) is 50.2 Å². The van der Waals surface area contributed by atoms with Crippen LogP contribution in [-0.4, -0.2) is 93.1 Å². The van der Waals surface area contributed by atoms with E-state index >= 15 is 0 Å². The molecule has 0 saturated carbocycles. The third kappa shape index (κ3) is 9.08. The van der Waals surface area contributed by atoms with Crippen LogP contribution in [0.5, 0.6) is 5.75 Å². The molecule has 4 heterocycles. The monoisotopic (exact) mass is 864 g/mol. The number of nitrogens with one attached hydrogen (secondary N) is 5. The number of H-pyrrole nitrogens is 2. The minimum absolute atomic E-state index is 0.0145. The molecule has 1 atom stereocenters. The summed E-state index contributed by atoms with van der Waals surface area (Å²) in [7, 11) is 0. The van der Waals surface area contributed by atoms with E-state index in [-0.39, 0.29) is 80.7 Å². The van der Waals surface area contributed by atoms with Crippen LogP contribution in [0.25, 0.3) is 28.2 Å². The van der Waals surface area contributed by atoms with Gasteiger partial charge in [0, 0.05) is 30.8 Å². The topological polar surface area (TPSA) is 210 Å². The number of nitrogens with zero attached hydrogens (tertiary/aromatic N) is 3. The molecule has 4 aromatic carbocycles. The first-order valence-corrected chi connectivity index (χ1v) is 20.0. The number of hydrogen-bond donors (Lipinski definition) is 5. The molecule has 5 N–H and O–H groups in total. The molecule has 324 valence electrons. The lowest BCUT2D eigenvalue weighted by molar-refractivity contribution is -0.138. The van der Waals surface area contributed by atoms with E-state index in [2.05, 4.69) is 31.0 Å². The molecule has 16 nitrogen and oxygen atoms in total. The van der Waals surface area contributed by atoms with Gasteiger partial charge in [0.2, 0.25) is 23.7 Å². The van der Waals surface area contributed by atoms with Gasteiger partial charge in [-0.15, -0.1) is 0 Å². The van der Waals surface area contributed by atoms with Gasteiger partial charge in [-0.1, -0.05) is 42.5 Å². The van der Waals surface area contributed by atoms with E-state index in [4.69, 9.17) is 9.47 Å². The Morgan fingerprint density at radius 2 is 1.63 bits per heavy atom. The first kappa shape index (κ1) is 42.2. The predicted molar refractivity (Wildman–Crippen MR) is 221 cm³/mol. The SMILES string of the molecule is O=C(COCCOc1ccc(CCc2c(-c3ccc(C(F)(F)F)cc3)[nH]n(-c3nc4ccccc4[nH]3)c2=O)cc1)NCCNc1cccc2c1C(=O)N(C1CCC(=O)NC1=O)C2=O. The number of imide groups is 2. The van der Waals surface area contributed by atoms with Gasteiger partial charge >= 0.3 is 6.18 Å². The van der Waals surface area contributed by atoms with E-state index in [0.717, 1.165) is 22.6 Å². The number of ether oxygens (including phenoxy) is 2. The zero-order chi connectivity index (χ0) is 44.3. The fourth-order valence-corrected chi connectivity index (χ4v) is 7.48. The van der Waals surface area contributed by atoms with Crippen molar-refractivity contribution in [3.63, 3.8) is 0 Å². The molecule has 1 fully saturated rings. The third-order valence-electron chi connectivity index (χ3n) is 10.6. The Bertz CT molecular complexity index is 2750. The summed E-state index contributed by atoms with van der Waals surface area (Å²) < 4.78 is 52.4. The quantitative estimate of drug-likeness (QED) is 0.0678. The van der Waals surface area contributed by atoms with Crippen molar-refractivity contribution in [3.05, 3.63) is 129 Å². The number of carbonyl (C=O) groups excluding carboxylic acids is 5. The van der Waals surface area contributed by atoms with Crippen molar-refractivity contribution in [1.29, 1.82) is 0 Å². The van der Waals surface area contributed by atoms with Crippen molar-refractivity contribution in [3.8, 4) is 23.0 Å². The van der Waals surface area contributed by atoms with Gasteiger partial charge < -0.3 is 25.1 Å². The molecule has 0 spiro atoms. The van der Waals surface area contributed by atoms with E-state index in [1.165, 1.54) is 22.9 Å². The Kier molecular flexibility index (Phi) is 11.9. The molecule has 2 aromatic heterocycles. The van der Waals surface area contributed by atoms with E-state index in [1.54, 1.807) is 30.3 Å². The highest BCUT2D eigenvalue weighted by Crippen LogP contribution is 2.33. The van der Waals surface area contributed by atoms with Crippen molar-refractivity contribution in [2.24, 2.45) is 0 Å². The number of alkyl halides is 3. The third-order valence-corrected chi connectivity index (χ3v) is 10.6. The summed E-state index contributed by atoms with van der Waals surface area (Å²) in [5.74, 6) is -2.01. The van der Waals surface area contributed by atoms with Gasteiger partial charge in [-0.3, -0.25) is 44.1 Å². The van der Waals surface area contributed by atoms with Crippen LogP contribution in [0.3, 0.4) is 0 Å². The second-order valence-corrected chi connectivity index (χ2v) is 14.8. The van der Waals surface area contributed by atoms with Crippen molar-refractivity contribution >= 4 is 46.3 Å². The number of anilines is 1. The van der Waals surface area contributed by atoms with E-state index in [9.17, 15) is 41.9 Å². The second-order valence-electron chi connectivity index (χ2n) is 14.8. The fraction of sp³-hybridized carbons (Fsp3) is 0.250. The van der Waals surface area contributed by atoms with Gasteiger partial charge in [0.15, 0.2) is 0 Å². The average Bonchev–Trinajstić information content (AvgIpc) is 3.92. The van der Waals surface area contributed by atoms with Crippen LogP contribution in [-0.2, 0) is 38.1 Å². The lowest BCUT2D eigenvalue weighted by Gasteiger charge is -2.27. The van der Waals surface area contributed by atoms with Crippen molar-refractivity contribution in [1.82, 2.24) is 35.3 Å². The summed E-state index contributed by atoms with van der Waals surface area (Å²) in [4.78, 5) is 85.0. The van der Waals surface area contributed by atoms with E-state index in [0.29, 0.717) is 45.7 Å². The summed E-state index contributed by atoms with van der Waals surface area (Å²) in [5, 5.41) is 11.0. The number of hydrogen-bond acceptors (Lipinski definition) is 10. The second kappa shape index (κ2) is 17.8. The van der Waals surface area contributed by atoms with Gasteiger partial charge in [-0.25, -0.2) is 4.98 Å². The largest absolute Gasteiger partial charge is 0.491 e. The number of fused-ring (bicyclic) bond motifs is 2. The Balaban J connectivity index is 0.790. The summed E-state index contributed by atoms with van der Waals surface area (Å²) >= 11 is 0. The van der Waals surface area contributed by atoms with Gasteiger partial charge in [0.05, 0.1) is 40.0 Å². The average molecular weight is 865 g/mol. The Hall–Kier alpha value is -7.54. The highest BCUT2D eigenvalue weighted by atomic mass is 19.4. The lowest BCUT2D eigenvalue weighted by atomic mass is 10.0. The molecular weight excluding hydrogens is 826 g/mol. The Morgan fingerprint density at radius 1 is 0.857 bits per heavy atom. The summed E-state index contributed by atoms with van der Waals surface area (Å²) in [5.41, 5.74) is 2.85. The van der Waals surface area contributed by atoms with Gasteiger partial charge in [-0.05, 0) is 78.9 Å². The minimum atomic E-state index is -4.51. The maximum atomic E-state index is 13.8. The standard InChI is InChI=1S/C44H39F3N8O8/c45-44(46,47)27-13-11-26(12-14-27)38-30(41(60)55(53-38)43-50-31-5-1-2-6-32(31)51-43)17-10-25-8-15-28(16-9-25)63-23-22-62-24-36(57)49-21-20-48-33-7-3-4-29-37(33)42(61)54(40(29)59)34-18-19-35(56)52-39(34)58/h1-9,11-16,34,48,53H,10,17-24H2,(H,49,57)(H,50,51)(H,52,56,58). The molecule has 1 saturated heterocycles. The van der Waals surface area contributed by atoms with Crippen molar-refractivity contribution < 1.29 is 46.6 Å². The number of aromatic amines is 2. The molecule has 2 aliphatic heterocycles. The zero-order valence-electron chi connectivity index (χ0n) is 33.3. The Labute approximate surface area is 355 Å². The van der Waals surface area contributed by atoms with Crippen LogP contribution in [0.2, 0.25) is 0 Å². The van der Waals surface area contributed by atoms with Crippen LogP contribution in [0, 0.1) is 0 Å². The number of halogens is 3. The fourth-order valence-electron chi connectivity index (χ4n) is 7.48. The van der Waals surface area contributed by atoms with Gasteiger partial charge in [0.25, 0.3) is 17.4 Å². The molecule has 63 heavy (non-hydrogen) atoms. The first-order chi connectivity index (χ1) is 30.4. The molecule has 0 radical (unpaired) electrons. The van der Waals surface area contributed by atoms with Gasteiger partial charge in [0.1, 0.15) is 25.0 Å². The molecule has 0 aliphatic carbocycles. The molecule has 19 heteroatoms. The number of piperidine rings is 1. The minimum Gasteiger partial charge on any atom is -0.491 e. The predicted octanol–water partition coefficient (Wildman–Crippen LogP) is 4.54. The number of imidazole rings is 1. The highest BCUT2D eigenvalue weighted by Gasteiger charge is 2.45. The van der Waals surface area contributed by atoms with Gasteiger partial charge in [-0.2, -0.15) is 17.9 Å². The van der Waals surface area contributed by atoms with Crippen LogP contribution < -0.4 is 26.2 Å². The van der Waals surface area contributed by atoms with Crippen LogP contribution in [0.15, 0.2) is 95.8 Å². The summed E-state index contributed by atoms with van der Waals surface area (Å²) in [6.45, 7) is 0.416. The Morgan fingerprint density at radius 3 is 2.38 bits per heavy atom. The normalized spacial score (nSPS) is 15.2. The van der Waals surface area contributed by atoms with Crippen molar-refractivity contribution in [2.75, 3.05) is 38.2 Å². The lowest BCUT2D eigenvalue weighted by Crippen LogP contribution is -2.54. The number of aryl methyl sites for hydroxylation is 1. The number of carbonyl (C=O) groups is 5. The number of para-hydroxylation sites is 2. The first-order valence-electron chi connectivity index (χ1n) is 20.0. The smallest absolute Gasteiger partial charge is 0.416 e. The van der Waals surface area contributed by atoms with Crippen LogP contribution >= 0.6 is 0 Å². The molecule has 0 bridgehead atoms. The zero-order valence-corrected chi connectivity index (χ0v) is 33.3. The molecule has 6 aromatic rings. The summed E-state index contributed by atoms with van der Waals surface area (Å²) in [6.07, 6.45) is -3.74. The maximum absolute atomic E-state index is 13.8. The number of rotatable bonds is 16. The summed E-state index contributed by atoms with van der Waals surface area (Å²) in [6, 6.07) is 22.7. The highest BCUT2D eigenvalue weighted by molar-refractivity contribution is 6.25. The molecule has 2 aliphatic rings. The number of benzene rings is 4. The number of amides is 5.